The number of rotatable bonds is 62. The van der Waals surface area contributed by atoms with Crippen molar-refractivity contribution in [2.45, 2.75) is 85.5 Å². The van der Waals surface area contributed by atoms with Crippen molar-refractivity contribution in [3.63, 3.8) is 0 Å². The van der Waals surface area contributed by atoms with Gasteiger partial charge in [-0.2, -0.15) is 0 Å². The highest BCUT2D eigenvalue weighted by Gasteiger charge is 3.01. The molecule has 0 aromatic heterocycles. The van der Waals surface area contributed by atoms with Gasteiger partial charge in [0.05, 0.1) is 12.0 Å². The largest absolute Gasteiger partial charge is 0.465 e. The highest BCUT2D eigenvalue weighted by atomic mass is 30.5. The molecule has 0 aliphatic carbocycles. The lowest BCUT2D eigenvalue weighted by molar-refractivity contribution is -0.154. The molecule has 43 nitrogen and oxygen atoms in total. The smallest absolute Gasteiger partial charge is 0.420 e. The summed E-state index contributed by atoms with van der Waals surface area (Å²) in [4.78, 5) is 335. The summed E-state index contributed by atoms with van der Waals surface area (Å²) in [5.74, 6) is -0.622. The van der Waals surface area contributed by atoms with Crippen LogP contribution in [0, 0.1) is 5.41 Å². The minimum atomic E-state index is -8.26. The summed E-state index contributed by atoms with van der Waals surface area (Å²) in [5.41, 5.74) is -0.987. The van der Waals surface area contributed by atoms with Crippen molar-refractivity contribution >= 4 is 371 Å². The second kappa shape index (κ2) is 48.7. The predicted molar refractivity (Wildman–Crippen MR) is 403 cm³/mol. The van der Waals surface area contributed by atoms with Crippen molar-refractivity contribution < 1.29 is 196 Å². The van der Waals surface area contributed by atoms with Gasteiger partial charge in [-0.05, 0) is 78.6 Å². The Morgan fingerprint density at radius 2 is 0.733 bits per heavy atom. The van der Waals surface area contributed by atoms with Crippen LogP contribution in [-0.2, 0) is 71.3 Å². The molecule has 0 bridgehead atoms. The zero-order valence-corrected chi connectivity index (χ0v) is 95.6. The molecule has 0 rings (SSSR count). The molecule has 3 atom stereocenters. The Hall–Kier alpha value is 6.94. The van der Waals surface area contributed by atoms with E-state index >= 15 is 0 Å². The Morgan fingerprint density at radius 3 is 1.01 bits per heavy atom. The van der Waals surface area contributed by atoms with Gasteiger partial charge in [-0.1, -0.05) is 6.92 Å². The van der Waals surface area contributed by atoms with E-state index in [0.29, 0.717) is 6.42 Å². The zero-order valence-electron chi connectivity index (χ0n) is 53.5. The Labute approximate surface area is 657 Å². The molecule has 0 aromatic carbocycles. The fourth-order valence-electron chi connectivity index (χ4n) is 8.91. The predicted octanol–water partition coefficient (Wildman–Crippen LogP) is -25.4. The minimum Gasteiger partial charge on any atom is -0.465 e. The molecular weight excluding hydrogens is 2060 g/mol. The molecule has 101 heavy (non-hydrogen) atoms. The lowest BCUT2D eigenvalue weighted by Crippen LogP contribution is -3.14. The third-order valence-corrected chi connectivity index (χ3v) is 321. The average molecular weight is 2130 g/mol. The summed E-state index contributed by atoms with van der Waals surface area (Å²) < 4.78 is 108. The lowest BCUT2D eigenvalue weighted by Gasteiger charge is -2.70. The van der Waals surface area contributed by atoms with Crippen LogP contribution >= 0.6 is 0 Å². The van der Waals surface area contributed by atoms with E-state index < -0.39 is 377 Å². The molecule has 0 amide bonds. The van der Waals surface area contributed by atoms with Crippen LogP contribution in [0.15, 0.2) is 0 Å². The molecule has 26 N–H and O–H groups in total. The average Bonchev–Trinajstić information content (AvgIpc) is 0.639. The van der Waals surface area contributed by atoms with Crippen LogP contribution in [0.5, 0.6) is 0 Å². The van der Waals surface area contributed by atoms with E-state index in [4.69, 9.17) is 66.5 Å². The van der Waals surface area contributed by atoms with Crippen LogP contribution in [-0.4, -0.2) is 503 Å². The van der Waals surface area contributed by atoms with Crippen molar-refractivity contribution in [3.05, 3.63) is 0 Å². The maximum Gasteiger partial charge on any atom is 0.420 e. The summed E-state index contributed by atoms with van der Waals surface area (Å²) >= 11 is 0. The van der Waals surface area contributed by atoms with E-state index in [0.717, 1.165) is 19.6 Å². The van der Waals surface area contributed by atoms with E-state index in [1.54, 1.807) is 20.8 Å². The Kier molecular flexibility index (Phi) is 52.1. The normalized spacial score (nSPS) is 15.9. The Morgan fingerprint density at radius 1 is 0.406 bits per heavy atom. The fraction of sp³-hybridized carbons (Fsp3) is 0.938. The number of hydrogen-bond donors (Lipinski definition) is 26. The highest BCUT2D eigenvalue weighted by molar-refractivity contribution is 8.24. The fourth-order valence-corrected chi connectivity index (χ4v) is 522. The second-order valence-corrected chi connectivity index (χ2v) is 195. The first-order valence-electron chi connectivity index (χ1n) is 26.4. The number of hydrogen-bond acceptors (Lipinski definition) is 43. The third kappa shape index (κ3) is 22.9. The van der Waals surface area contributed by atoms with E-state index in [9.17, 15) is 129 Å². The van der Waals surface area contributed by atoms with Crippen molar-refractivity contribution in [2.24, 2.45) is 5.41 Å². The molecule has 0 spiro atoms. The van der Waals surface area contributed by atoms with Crippen molar-refractivity contribution in [2.75, 3.05) is 6.61 Å². The van der Waals surface area contributed by atoms with Crippen molar-refractivity contribution in [1.82, 2.24) is 0 Å². The number of carbonyl (C=O) groups is 1. The van der Waals surface area contributed by atoms with E-state index in [1.165, 1.54) is 26.2 Å². The first kappa shape index (κ1) is 108. The van der Waals surface area contributed by atoms with Gasteiger partial charge in [0, 0.05) is 0 Å². The maximum atomic E-state index is 13.3. The van der Waals surface area contributed by atoms with E-state index in [2.05, 4.69) is 0 Å². The molecule has 0 fully saturated rings. The van der Waals surface area contributed by atoms with E-state index in [1.807, 2.05) is 0 Å². The van der Waals surface area contributed by atoms with Crippen LogP contribution < -0.4 is 0 Å². The zero-order chi connectivity index (χ0) is 78.6. The first-order valence-corrected chi connectivity index (χ1v) is 110. The van der Waals surface area contributed by atoms with Gasteiger partial charge in [0.2, 0.25) is 147 Å². The summed E-state index contributed by atoms with van der Waals surface area (Å²) in [5, 5.41) is 0. The number of carbonyl (C=O) groups excluding carboxylic acids is 1. The number of ether oxygens (including phenoxy) is 1. The monoisotopic (exact) mass is 2120 g/mol. The SMILES string of the molecule is CCC(C)(C)C(=O)OCCC[Si](C)(C)O[SiH](C)O[Si](O[Si](O[Si](O[Si](C)C)([Si]O)[Si]O)([Si](O[Si]O)([Si]O)[Si]O)[Si](O[Si]O)([Si]O)[Si]O)([Si](O[Si](O[Si]O)([Si]O)[Si]O)([Si](O[Si]O)([Si]O)[Si]O)[Si](O[Si]O)([Si]O)[Si]O)[Si](O[Si](O[Si]O)([Si]O)[Si](C)(C)O)([Si](O[Si]O)([Si]O)[Si]O)[Si](O[Si]O)([Si]O)[Si]O. The molecule has 555 valence electrons. The topological polar surface area (TPSA) is 691 Å². The molecule has 0 saturated carbocycles. The summed E-state index contributed by atoms with van der Waals surface area (Å²) in [6, 6.07) is -0.117. The molecule has 0 saturated heterocycles. The maximum absolute atomic E-state index is 13.3. The van der Waals surface area contributed by atoms with Gasteiger partial charge in [0.25, 0.3) is 83.2 Å². The van der Waals surface area contributed by atoms with Gasteiger partial charge in [0.15, 0.2) is 17.4 Å². The van der Waals surface area contributed by atoms with Crippen LogP contribution in [0.2, 0.25) is 51.9 Å². The molecule has 3 unspecified atom stereocenters. The first-order chi connectivity index (χ1) is 47.3. The summed E-state index contributed by atoms with van der Waals surface area (Å²) in [6.45, 7) is -41.1. The second-order valence-electron chi connectivity index (χ2n) is 21.0. The van der Waals surface area contributed by atoms with Crippen LogP contribution in [0.1, 0.15) is 33.6 Å². The lowest BCUT2D eigenvalue weighted by atomic mass is 9.91. The van der Waals surface area contributed by atoms with Crippen molar-refractivity contribution in [3.8, 4) is 0 Å². The molecule has 0 aromatic rings. The standard InChI is InChI=1S/C16H65O43Si42/c1-11-16(2,3)15(17)44-13-12-14-87(7,8)54-86(6)55-92(100(96(77-35,78-36)49-64-22,97(79-37,80-38)50-65-23)57-89(68-26,69-27)45-60-18,59-93(94(73-31,74-32)47-62-20,95(75-33,76-34)48-63-21)56-90(70-28,71-29)53-85(4)5)101(98(81-39,82-40)51-66-24,99(83-41,84-42)52-67-25)58-91(72-30,46-61-19)88(9,10)43/h18-43,86H,11-14H2,1-10H3. The number of esters is 1. The highest BCUT2D eigenvalue weighted by Crippen LogP contribution is 2.54. The quantitative estimate of drug-likeness (QED) is 0.0153. The van der Waals surface area contributed by atoms with Gasteiger partial charge < -0.3 is 191 Å². The van der Waals surface area contributed by atoms with E-state index in [-0.39, 0.29) is 19.1 Å². The Bertz CT molecular complexity index is 2230. The van der Waals surface area contributed by atoms with Gasteiger partial charge >= 0.3 is 124 Å². The van der Waals surface area contributed by atoms with Gasteiger partial charge in [-0.15, -0.1) is 0 Å². The molecule has 0 heterocycles. The minimum absolute atomic E-state index is 0.0602. The van der Waals surface area contributed by atoms with Crippen LogP contribution in [0.4, 0.5) is 0 Å². The van der Waals surface area contributed by atoms with Crippen LogP contribution in [0.3, 0.4) is 0 Å². The summed E-state index contributed by atoms with van der Waals surface area (Å²) in [7, 11) is -106. The molecular formula is C16H65O43Si42. The van der Waals surface area contributed by atoms with Gasteiger partial charge in [-0.25, -0.2) is 0 Å². The molecule has 85 heteroatoms. The van der Waals surface area contributed by atoms with Crippen LogP contribution in [0.25, 0.3) is 0 Å². The Balaban J connectivity index is 14.0. The summed E-state index contributed by atoms with van der Waals surface area (Å²) in [6.07, 6.45) is 0.278. The molecule has 0 aliphatic rings. The van der Waals surface area contributed by atoms with Crippen molar-refractivity contribution in [1.29, 1.82) is 0 Å². The third-order valence-electron chi connectivity index (χ3n) is 13.8. The molecule has 51 radical (unpaired) electrons. The van der Waals surface area contributed by atoms with Gasteiger partial charge in [-0.3, -0.25) is 4.79 Å². The van der Waals surface area contributed by atoms with Gasteiger partial charge in [0.1, 0.15) is 0 Å². The molecule has 0 aliphatic heterocycles.